The van der Waals surface area contributed by atoms with E-state index in [9.17, 15) is 4.79 Å². The van der Waals surface area contributed by atoms with Gasteiger partial charge in [0.1, 0.15) is 17.3 Å². The van der Waals surface area contributed by atoms with Crippen molar-refractivity contribution in [3.05, 3.63) is 39.9 Å². The Labute approximate surface area is 127 Å². The predicted octanol–water partition coefficient (Wildman–Crippen LogP) is 2.87. The van der Waals surface area contributed by atoms with E-state index in [1.807, 2.05) is 20.8 Å². The first-order valence-corrected chi connectivity index (χ1v) is 6.89. The monoisotopic (exact) mass is 308 g/mol. The third kappa shape index (κ3) is 3.16. The first-order valence-electron chi connectivity index (χ1n) is 6.52. The molecule has 0 fully saturated rings. The maximum atomic E-state index is 12.3. The molecule has 0 radical (unpaired) electrons. The van der Waals surface area contributed by atoms with Gasteiger partial charge in [-0.2, -0.15) is 0 Å². The van der Waals surface area contributed by atoms with E-state index in [1.165, 1.54) is 0 Å². The number of hydrogen-bond acceptors (Lipinski definition) is 5. The number of nitrogens with one attached hydrogen (secondary N) is 2. The molecule has 0 spiro atoms. The zero-order valence-electron chi connectivity index (χ0n) is 12.3. The number of rotatable bonds is 4. The van der Waals surface area contributed by atoms with Gasteiger partial charge in [0.2, 0.25) is 0 Å². The quantitative estimate of drug-likeness (QED) is 0.908. The Balaban J connectivity index is 2.22. The summed E-state index contributed by atoms with van der Waals surface area (Å²) in [6, 6.07) is 3.09. The van der Waals surface area contributed by atoms with Crippen LogP contribution in [0.15, 0.2) is 16.7 Å². The van der Waals surface area contributed by atoms with Crippen LogP contribution in [0.2, 0.25) is 5.02 Å². The lowest BCUT2D eigenvalue weighted by atomic mass is 10.1. The lowest BCUT2D eigenvalue weighted by molar-refractivity contribution is 0.0935. The second-order valence-corrected chi connectivity index (χ2v) is 5.12. The van der Waals surface area contributed by atoms with E-state index in [4.69, 9.17) is 16.1 Å². The molecule has 0 aliphatic heterocycles. The molecule has 2 aromatic rings. The highest BCUT2D eigenvalue weighted by Gasteiger charge is 2.21. The number of pyridine rings is 1. The first-order chi connectivity index (χ1) is 9.93. The fourth-order valence-electron chi connectivity index (χ4n) is 2.19. The van der Waals surface area contributed by atoms with Crippen molar-refractivity contribution in [2.45, 2.75) is 26.8 Å². The summed E-state index contributed by atoms with van der Waals surface area (Å²) in [5, 5.41) is 9.92. The van der Waals surface area contributed by atoms with Crippen molar-refractivity contribution in [3.63, 3.8) is 0 Å². The molecule has 2 aromatic heterocycles. The summed E-state index contributed by atoms with van der Waals surface area (Å²) in [5.41, 5.74) is 1.80. The van der Waals surface area contributed by atoms with Gasteiger partial charge in [-0.1, -0.05) is 16.8 Å². The fourth-order valence-corrected chi connectivity index (χ4v) is 2.38. The second-order valence-electron chi connectivity index (χ2n) is 4.71. The topological polar surface area (TPSA) is 80.0 Å². The van der Waals surface area contributed by atoms with E-state index in [-0.39, 0.29) is 17.6 Å². The van der Waals surface area contributed by atoms with E-state index in [1.54, 1.807) is 19.2 Å². The molecule has 0 saturated carbocycles. The van der Waals surface area contributed by atoms with Crippen LogP contribution >= 0.6 is 11.6 Å². The smallest absolute Gasteiger partial charge is 0.271 e. The second kappa shape index (κ2) is 6.13. The van der Waals surface area contributed by atoms with Crippen LogP contribution in [0.3, 0.4) is 0 Å². The maximum Gasteiger partial charge on any atom is 0.271 e. The van der Waals surface area contributed by atoms with Crippen molar-refractivity contribution in [1.29, 1.82) is 0 Å². The van der Waals surface area contributed by atoms with E-state index in [2.05, 4.69) is 20.8 Å². The third-order valence-corrected chi connectivity index (χ3v) is 3.49. The average Bonchev–Trinajstić information content (AvgIpc) is 2.78. The Bertz CT molecular complexity index is 649. The molecule has 6 nitrogen and oxygen atoms in total. The Morgan fingerprint density at radius 1 is 1.38 bits per heavy atom. The molecule has 21 heavy (non-hydrogen) atoms. The molecule has 1 atom stereocenters. The van der Waals surface area contributed by atoms with Crippen LogP contribution in [-0.2, 0) is 0 Å². The minimum absolute atomic E-state index is 0.183. The van der Waals surface area contributed by atoms with Gasteiger partial charge in [0.05, 0.1) is 16.8 Å². The summed E-state index contributed by atoms with van der Waals surface area (Å²) in [5.74, 6) is 0.919. The number of amides is 1. The SMILES string of the molecule is CNc1ccc(Cl)c(C(=O)NC(C)c2c(C)noc2C)n1. The highest BCUT2D eigenvalue weighted by Crippen LogP contribution is 2.22. The van der Waals surface area contributed by atoms with Gasteiger partial charge in [0.15, 0.2) is 0 Å². The molecule has 0 aliphatic carbocycles. The van der Waals surface area contributed by atoms with Crippen molar-refractivity contribution in [3.8, 4) is 0 Å². The predicted molar refractivity (Wildman–Crippen MR) is 80.7 cm³/mol. The standard InChI is InChI=1S/C14H17ClN4O2/c1-7(12-8(2)19-21-9(12)3)17-14(20)13-10(15)5-6-11(16-4)18-13/h5-7H,1-4H3,(H,16,18)(H,17,20). The molecule has 2 rings (SSSR count). The summed E-state index contributed by atoms with van der Waals surface area (Å²) in [7, 11) is 1.73. The van der Waals surface area contributed by atoms with Crippen LogP contribution in [0.5, 0.6) is 0 Å². The Kier molecular flexibility index (Phi) is 4.47. The number of aryl methyl sites for hydroxylation is 2. The van der Waals surface area contributed by atoms with Gasteiger partial charge in [0, 0.05) is 12.6 Å². The molecule has 0 saturated heterocycles. The fraction of sp³-hybridized carbons (Fsp3) is 0.357. The van der Waals surface area contributed by atoms with E-state index >= 15 is 0 Å². The minimum Gasteiger partial charge on any atom is -0.373 e. The maximum absolute atomic E-state index is 12.3. The van der Waals surface area contributed by atoms with Gasteiger partial charge in [-0.25, -0.2) is 4.98 Å². The molecule has 0 aromatic carbocycles. The van der Waals surface area contributed by atoms with Crippen LogP contribution in [-0.4, -0.2) is 23.1 Å². The highest BCUT2D eigenvalue weighted by molar-refractivity contribution is 6.33. The summed E-state index contributed by atoms with van der Waals surface area (Å²) in [4.78, 5) is 16.5. The van der Waals surface area contributed by atoms with Gasteiger partial charge < -0.3 is 15.2 Å². The van der Waals surface area contributed by atoms with Gasteiger partial charge in [-0.3, -0.25) is 4.79 Å². The largest absolute Gasteiger partial charge is 0.373 e. The van der Waals surface area contributed by atoms with Crippen molar-refractivity contribution in [2.24, 2.45) is 0 Å². The lowest BCUT2D eigenvalue weighted by Crippen LogP contribution is -2.28. The number of nitrogens with zero attached hydrogens (tertiary/aromatic N) is 2. The third-order valence-electron chi connectivity index (χ3n) is 3.19. The zero-order valence-corrected chi connectivity index (χ0v) is 13.1. The highest BCUT2D eigenvalue weighted by atomic mass is 35.5. The van der Waals surface area contributed by atoms with E-state index in [0.717, 1.165) is 11.3 Å². The van der Waals surface area contributed by atoms with Crippen LogP contribution < -0.4 is 10.6 Å². The molecule has 2 N–H and O–H groups in total. The summed E-state index contributed by atoms with van der Waals surface area (Å²) in [6.45, 7) is 5.51. The average molecular weight is 309 g/mol. The Hall–Kier alpha value is -2.08. The number of halogens is 1. The molecule has 7 heteroatoms. The van der Waals surface area contributed by atoms with Gasteiger partial charge in [-0.05, 0) is 32.9 Å². The zero-order chi connectivity index (χ0) is 15.6. The molecular weight excluding hydrogens is 292 g/mol. The van der Waals surface area contributed by atoms with Crippen LogP contribution in [0, 0.1) is 13.8 Å². The number of carbonyl (C=O) groups excluding carboxylic acids is 1. The molecule has 0 aliphatic rings. The number of aromatic nitrogens is 2. The summed E-state index contributed by atoms with van der Waals surface area (Å²) >= 11 is 6.04. The van der Waals surface area contributed by atoms with E-state index in [0.29, 0.717) is 16.6 Å². The molecule has 0 bridgehead atoms. The molecule has 112 valence electrons. The van der Waals surface area contributed by atoms with Gasteiger partial charge >= 0.3 is 0 Å². The van der Waals surface area contributed by atoms with Crippen LogP contribution in [0.25, 0.3) is 0 Å². The van der Waals surface area contributed by atoms with Gasteiger partial charge in [0.25, 0.3) is 5.91 Å². The lowest BCUT2D eigenvalue weighted by Gasteiger charge is -2.14. The van der Waals surface area contributed by atoms with Gasteiger partial charge in [-0.15, -0.1) is 0 Å². The number of hydrogen-bond donors (Lipinski definition) is 2. The van der Waals surface area contributed by atoms with Crippen LogP contribution in [0.1, 0.15) is 40.5 Å². The van der Waals surface area contributed by atoms with Crippen molar-refractivity contribution in [1.82, 2.24) is 15.5 Å². The molecule has 2 heterocycles. The van der Waals surface area contributed by atoms with E-state index < -0.39 is 0 Å². The Morgan fingerprint density at radius 3 is 2.67 bits per heavy atom. The first kappa shape index (κ1) is 15.3. The number of carbonyl (C=O) groups is 1. The van der Waals surface area contributed by atoms with Crippen molar-refractivity contribution < 1.29 is 9.32 Å². The van der Waals surface area contributed by atoms with Crippen LogP contribution in [0.4, 0.5) is 5.82 Å². The molecule has 1 unspecified atom stereocenters. The molecular formula is C14H17ClN4O2. The summed E-state index contributed by atoms with van der Waals surface area (Å²) < 4.78 is 5.11. The summed E-state index contributed by atoms with van der Waals surface area (Å²) in [6.07, 6.45) is 0. The van der Waals surface area contributed by atoms with Crippen molar-refractivity contribution in [2.75, 3.05) is 12.4 Å². The normalized spacial score (nSPS) is 12.0. The minimum atomic E-state index is -0.343. The Morgan fingerprint density at radius 2 is 2.10 bits per heavy atom. The number of anilines is 1. The molecule has 1 amide bonds. The van der Waals surface area contributed by atoms with Crippen molar-refractivity contribution >= 4 is 23.3 Å².